The predicted octanol–water partition coefficient (Wildman–Crippen LogP) is 1.95. The molecule has 0 fully saturated rings. The Labute approximate surface area is 59.9 Å². The molecule has 1 nitrogen and oxygen atoms in total. The van der Waals surface area contributed by atoms with Crippen molar-refractivity contribution in [1.29, 1.82) is 0 Å². The zero-order valence-corrected chi connectivity index (χ0v) is 5.37. The van der Waals surface area contributed by atoms with Gasteiger partial charge in [-0.25, -0.2) is 0 Å². The largest absolute Gasteiger partial charge is 0.465 e. The summed E-state index contributed by atoms with van der Waals surface area (Å²) >= 11 is 0. The van der Waals surface area contributed by atoms with Crippen LogP contribution in [0, 0.1) is 12.5 Å². The second kappa shape index (κ2) is 2.18. The number of allylic oxidation sites excluding steroid dienone is 1. The van der Waals surface area contributed by atoms with Crippen LogP contribution in [0.3, 0.4) is 0 Å². The molecule has 0 saturated heterocycles. The standard InChI is InChI=1S/C9H6O/c1-2-6-9-8(4-1)5-3-7-10-9/h1,3-7H. The molecule has 2 rings (SSSR count). The van der Waals surface area contributed by atoms with Crippen LogP contribution in [-0.4, -0.2) is 0 Å². The lowest BCUT2D eigenvalue weighted by Gasteiger charge is -2.09. The second-order valence-electron chi connectivity index (χ2n) is 2.08. The van der Waals surface area contributed by atoms with Gasteiger partial charge < -0.3 is 4.74 Å². The number of benzene rings is 1. The van der Waals surface area contributed by atoms with Crippen LogP contribution >= 0.6 is 0 Å². The third-order valence-electron chi connectivity index (χ3n) is 1.41. The van der Waals surface area contributed by atoms with Crippen LogP contribution in [0.15, 0.2) is 30.5 Å². The molecule has 0 N–H and O–H groups in total. The van der Waals surface area contributed by atoms with E-state index >= 15 is 0 Å². The van der Waals surface area contributed by atoms with Crippen molar-refractivity contribution in [3.8, 4) is 5.75 Å². The minimum Gasteiger partial charge on any atom is -0.465 e. The molecule has 1 aliphatic heterocycles. The molecule has 1 aromatic rings. The fourth-order valence-corrected chi connectivity index (χ4v) is 0.922. The third-order valence-corrected chi connectivity index (χ3v) is 1.41. The van der Waals surface area contributed by atoms with Crippen molar-refractivity contribution in [2.45, 2.75) is 0 Å². The Morgan fingerprint density at radius 2 is 2.40 bits per heavy atom. The number of ether oxygens (including phenoxy) is 1. The van der Waals surface area contributed by atoms with Gasteiger partial charge in [-0.15, -0.1) is 0 Å². The molecule has 0 bridgehead atoms. The molecular formula is C9H6O. The van der Waals surface area contributed by atoms with E-state index < -0.39 is 0 Å². The molecule has 48 valence electrons. The van der Waals surface area contributed by atoms with Crippen LogP contribution in [-0.2, 0) is 0 Å². The van der Waals surface area contributed by atoms with Crippen molar-refractivity contribution in [2.75, 3.05) is 0 Å². The minimum atomic E-state index is 0.880. The molecule has 0 aliphatic carbocycles. The second-order valence-corrected chi connectivity index (χ2v) is 2.08. The van der Waals surface area contributed by atoms with Crippen LogP contribution in [0.5, 0.6) is 5.75 Å². The Kier molecular flexibility index (Phi) is 1.21. The van der Waals surface area contributed by atoms with Gasteiger partial charge in [0, 0.05) is 12.0 Å². The molecule has 1 aliphatic rings. The highest BCUT2D eigenvalue weighted by atomic mass is 16.5. The fraction of sp³-hybridized carbons (Fsp3) is 0. The number of hydrogen-bond donors (Lipinski definition) is 0. The summed E-state index contributed by atoms with van der Waals surface area (Å²) in [5.74, 6) is 0.880. The van der Waals surface area contributed by atoms with Gasteiger partial charge in [0.05, 0.1) is 6.26 Å². The first kappa shape index (κ1) is 5.54. The van der Waals surface area contributed by atoms with Gasteiger partial charge in [0.15, 0.2) is 0 Å². The van der Waals surface area contributed by atoms with Crippen molar-refractivity contribution in [3.63, 3.8) is 0 Å². The highest BCUT2D eigenvalue weighted by molar-refractivity contribution is 5.43. The van der Waals surface area contributed by atoms with E-state index in [0.717, 1.165) is 11.3 Å². The summed E-state index contributed by atoms with van der Waals surface area (Å²) in [5.41, 5.74) is 1.11. The van der Waals surface area contributed by atoms with Gasteiger partial charge in [0.25, 0.3) is 0 Å². The summed E-state index contributed by atoms with van der Waals surface area (Å²) in [6, 6.07) is 8.61. The Balaban J connectivity index is 2.47. The first-order valence-corrected chi connectivity index (χ1v) is 3.13. The average Bonchev–Trinajstić information content (AvgIpc) is 2.05. The van der Waals surface area contributed by atoms with E-state index in [1.165, 1.54) is 0 Å². The van der Waals surface area contributed by atoms with Gasteiger partial charge in [-0.2, -0.15) is 0 Å². The SMILES string of the molecule is [c]1ccc2c(c1)OC=C[CH]2. The van der Waals surface area contributed by atoms with Crippen molar-refractivity contribution in [1.82, 2.24) is 0 Å². The van der Waals surface area contributed by atoms with Crippen molar-refractivity contribution >= 4 is 0 Å². The normalized spacial score (nSPS) is 14.0. The lowest BCUT2D eigenvalue weighted by molar-refractivity contribution is 0.472. The van der Waals surface area contributed by atoms with Gasteiger partial charge in [-0.3, -0.25) is 0 Å². The van der Waals surface area contributed by atoms with Gasteiger partial charge >= 0.3 is 0 Å². The minimum absolute atomic E-state index is 0.880. The maximum Gasteiger partial charge on any atom is 0.130 e. The maximum atomic E-state index is 5.18. The van der Waals surface area contributed by atoms with Gasteiger partial charge in [-0.05, 0) is 18.2 Å². The lowest BCUT2D eigenvalue weighted by Crippen LogP contribution is -1.92. The van der Waals surface area contributed by atoms with Crippen LogP contribution in [0.1, 0.15) is 5.56 Å². The van der Waals surface area contributed by atoms with E-state index in [2.05, 4.69) is 6.07 Å². The highest BCUT2D eigenvalue weighted by Crippen LogP contribution is 2.22. The predicted molar refractivity (Wildman–Crippen MR) is 38.4 cm³/mol. The van der Waals surface area contributed by atoms with E-state index in [0.29, 0.717) is 0 Å². The summed E-state index contributed by atoms with van der Waals surface area (Å²) in [6.07, 6.45) is 5.55. The van der Waals surface area contributed by atoms with Crippen LogP contribution in [0.2, 0.25) is 0 Å². The number of fused-ring (bicyclic) bond motifs is 1. The zero-order valence-electron chi connectivity index (χ0n) is 5.37. The lowest BCUT2D eigenvalue weighted by atomic mass is 10.1. The molecule has 0 spiro atoms. The Hall–Kier alpha value is -1.24. The van der Waals surface area contributed by atoms with E-state index in [1.807, 2.05) is 30.7 Å². The van der Waals surface area contributed by atoms with Crippen LogP contribution in [0.25, 0.3) is 0 Å². The first-order chi connectivity index (χ1) is 4.97. The summed E-state index contributed by atoms with van der Waals surface area (Å²) < 4.78 is 5.18. The van der Waals surface area contributed by atoms with Crippen molar-refractivity contribution < 1.29 is 4.74 Å². The van der Waals surface area contributed by atoms with Gasteiger partial charge in [-0.1, -0.05) is 12.1 Å². The quantitative estimate of drug-likeness (QED) is 0.521. The maximum absolute atomic E-state index is 5.18. The average molecular weight is 130 g/mol. The van der Waals surface area contributed by atoms with Crippen LogP contribution < -0.4 is 4.74 Å². The summed E-state index contributed by atoms with van der Waals surface area (Å²) in [7, 11) is 0. The molecule has 0 saturated carbocycles. The molecule has 2 radical (unpaired) electrons. The molecule has 0 atom stereocenters. The van der Waals surface area contributed by atoms with Gasteiger partial charge in [0.2, 0.25) is 0 Å². The molecule has 0 unspecified atom stereocenters. The molecule has 0 aromatic heterocycles. The number of hydrogen-bond acceptors (Lipinski definition) is 1. The Morgan fingerprint density at radius 3 is 3.30 bits per heavy atom. The van der Waals surface area contributed by atoms with E-state index in [4.69, 9.17) is 4.74 Å². The van der Waals surface area contributed by atoms with E-state index in [-0.39, 0.29) is 0 Å². The molecule has 1 aromatic carbocycles. The van der Waals surface area contributed by atoms with E-state index in [1.54, 1.807) is 6.26 Å². The summed E-state index contributed by atoms with van der Waals surface area (Å²) in [6.45, 7) is 0. The number of rotatable bonds is 0. The summed E-state index contributed by atoms with van der Waals surface area (Å²) in [5, 5.41) is 0. The van der Waals surface area contributed by atoms with Crippen molar-refractivity contribution in [2.24, 2.45) is 0 Å². The Bertz CT molecular complexity index is 236. The van der Waals surface area contributed by atoms with E-state index in [9.17, 15) is 0 Å². The monoisotopic (exact) mass is 130 g/mol. The molecular weight excluding hydrogens is 124 g/mol. The fourth-order valence-electron chi connectivity index (χ4n) is 0.922. The Morgan fingerprint density at radius 1 is 1.40 bits per heavy atom. The first-order valence-electron chi connectivity index (χ1n) is 3.13. The smallest absolute Gasteiger partial charge is 0.130 e. The third kappa shape index (κ3) is 0.798. The topological polar surface area (TPSA) is 9.23 Å². The molecule has 1 heteroatoms. The zero-order chi connectivity index (χ0) is 6.81. The summed E-state index contributed by atoms with van der Waals surface area (Å²) in [4.78, 5) is 0. The molecule has 0 amide bonds. The van der Waals surface area contributed by atoms with Crippen LogP contribution in [0.4, 0.5) is 0 Å². The molecule has 10 heavy (non-hydrogen) atoms. The van der Waals surface area contributed by atoms with Crippen molar-refractivity contribution in [3.05, 3.63) is 48.6 Å². The molecule has 1 heterocycles. The highest BCUT2D eigenvalue weighted by Gasteiger charge is 2.02. The van der Waals surface area contributed by atoms with Gasteiger partial charge in [0.1, 0.15) is 5.75 Å².